The van der Waals surface area contributed by atoms with Crippen molar-refractivity contribution in [1.82, 2.24) is 9.88 Å². The number of carboxylic acid groups (broad SMARTS) is 1. The molecule has 3 heterocycles. The summed E-state index contributed by atoms with van der Waals surface area (Å²) in [6.45, 7) is 3.95. The Morgan fingerprint density at radius 3 is 2.65 bits per heavy atom. The number of nitrogens with zero attached hydrogens (tertiary/aromatic N) is 2. The molecule has 23 heavy (non-hydrogen) atoms. The molecule has 6 nitrogen and oxygen atoms in total. The third-order valence-electron chi connectivity index (χ3n) is 4.63. The second-order valence-corrected chi connectivity index (χ2v) is 7.30. The number of carboxylic acids is 1. The molecule has 0 aromatic carbocycles. The van der Waals surface area contributed by atoms with Crippen molar-refractivity contribution in [3.63, 3.8) is 0 Å². The fraction of sp³-hybridized carbons (Fsp3) is 0.688. The zero-order valence-electron chi connectivity index (χ0n) is 13.3. The molecular weight excluding hydrogens is 316 g/mol. The molecule has 0 spiro atoms. The van der Waals surface area contributed by atoms with Crippen molar-refractivity contribution in [3.05, 3.63) is 15.6 Å². The van der Waals surface area contributed by atoms with Gasteiger partial charge in [0.05, 0.1) is 23.2 Å². The summed E-state index contributed by atoms with van der Waals surface area (Å²) in [6, 6.07) is 0. The number of hydrogen-bond acceptors (Lipinski definition) is 5. The number of amides is 1. The number of piperidine rings is 1. The fourth-order valence-corrected chi connectivity index (χ4v) is 4.37. The average Bonchev–Trinajstić information content (AvgIpc) is 3.17. The molecule has 1 amide bonds. The van der Waals surface area contributed by atoms with Crippen LogP contribution in [0.1, 0.15) is 58.4 Å². The van der Waals surface area contributed by atoms with Crippen molar-refractivity contribution >= 4 is 23.2 Å². The maximum Gasteiger partial charge on any atom is 0.347 e. The number of carbonyl (C=O) groups excluding carboxylic acids is 1. The standard InChI is InChI=1S/C16H22N2O4S/c1-10-14(16(20)21)23-15(17-10)11-4-6-18(7-5-11)13(19)9-12-3-2-8-22-12/h11-12H,2-9H2,1H3,(H,20,21). The van der Waals surface area contributed by atoms with Crippen LogP contribution in [0.3, 0.4) is 0 Å². The number of thiazole rings is 1. The van der Waals surface area contributed by atoms with Crippen LogP contribution in [0.2, 0.25) is 0 Å². The number of aryl methyl sites for hydroxylation is 1. The van der Waals surface area contributed by atoms with Crippen molar-refractivity contribution < 1.29 is 19.4 Å². The van der Waals surface area contributed by atoms with Gasteiger partial charge in [-0.1, -0.05) is 0 Å². The fourth-order valence-electron chi connectivity index (χ4n) is 3.30. The summed E-state index contributed by atoms with van der Waals surface area (Å²) in [5, 5.41) is 10.0. The molecular formula is C16H22N2O4S. The minimum Gasteiger partial charge on any atom is -0.477 e. The van der Waals surface area contributed by atoms with Crippen molar-refractivity contribution in [3.8, 4) is 0 Å². The van der Waals surface area contributed by atoms with E-state index in [-0.39, 0.29) is 17.9 Å². The molecule has 1 unspecified atom stereocenters. The van der Waals surface area contributed by atoms with E-state index < -0.39 is 5.97 Å². The number of carbonyl (C=O) groups is 2. The smallest absolute Gasteiger partial charge is 0.347 e. The average molecular weight is 338 g/mol. The Morgan fingerprint density at radius 2 is 2.09 bits per heavy atom. The first kappa shape index (κ1) is 16.4. The number of aromatic nitrogens is 1. The van der Waals surface area contributed by atoms with Crippen LogP contribution in [0.5, 0.6) is 0 Å². The van der Waals surface area contributed by atoms with E-state index in [9.17, 15) is 9.59 Å². The lowest BCUT2D eigenvalue weighted by molar-refractivity contribution is -0.134. The monoisotopic (exact) mass is 338 g/mol. The molecule has 2 aliphatic heterocycles. The molecule has 0 bridgehead atoms. The van der Waals surface area contributed by atoms with Gasteiger partial charge in [0.1, 0.15) is 4.88 Å². The highest BCUT2D eigenvalue weighted by molar-refractivity contribution is 7.13. The topological polar surface area (TPSA) is 79.7 Å². The lowest BCUT2D eigenvalue weighted by atomic mass is 9.97. The summed E-state index contributed by atoms with van der Waals surface area (Å²) in [7, 11) is 0. The highest BCUT2D eigenvalue weighted by Crippen LogP contribution is 2.33. The Hall–Kier alpha value is -1.47. The predicted molar refractivity (Wildman–Crippen MR) is 86.0 cm³/mol. The van der Waals surface area contributed by atoms with E-state index in [1.807, 2.05) is 4.90 Å². The molecule has 126 valence electrons. The number of hydrogen-bond donors (Lipinski definition) is 1. The van der Waals surface area contributed by atoms with Crippen LogP contribution >= 0.6 is 11.3 Å². The predicted octanol–water partition coefficient (Wildman–Crippen LogP) is 2.42. The molecule has 0 aliphatic carbocycles. The van der Waals surface area contributed by atoms with Gasteiger partial charge < -0.3 is 14.7 Å². The van der Waals surface area contributed by atoms with Crippen molar-refractivity contribution in [2.75, 3.05) is 19.7 Å². The second kappa shape index (κ2) is 6.97. The maximum atomic E-state index is 12.3. The third kappa shape index (κ3) is 3.72. The van der Waals surface area contributed by atoms with Gasteiger partial charge in [-0.15, -0.1) is 11.3 Å². The maximum absolute atomic E-state index is 12.3. The summed E-state index contributed by atoms with van der Waals surface area (Å²) >= 11 is 1.28. The number of likely N-dealkylation sites (tertiary alicyclic amines) is 1. The second-order valence-electron chi connectivity index (χ2n) is 6.27. The first-order valence-corrected chi connectivity index (χ1v) is 8.96. The van der Waals surface area contributed by atoms with Gasteiger partial charge in [0.15, 0.2) is 0 Å². The highest BCUT2D eigenvalue weighted by atomic mass is 32.1. The number of rotatable bonds is 4. The van der Waals surface area contributed by atoms with Crippen LogP contribution in [0.25, 0.3) is 0 Å². The summed E-state index contributed by atoms with van der Waals surface area (Å²) in [5.74, 6) is -0.467. The molecule has 1 aromatic heterocycles. The minimum absolute atomic E-state index is 0.0972. The van der Waals surface area contributed by atoms with Crippen LogP contribution in [-0.4, -0.2) is 52.7 Å². The van der Waals surface area contributed by atoms with Gasteiger partial charge in [-0.2, -0.15) is 0 Å². The van der Waals surface area contributed by atoms with Crippen LogP contribution in [0.4, 0.5) is 0 Å². The molecule has 1 N–H and O–H groups in total. The first-order chi connectivity index (χ1) is 11.0. The van der Waals surface area contributed by atoms with Crippen LogP contribution in [-0.2, 0) is 9.53 Å². The number of aromatic carboxylic acids is 1. The SMILES string of the molecule is Cc1nc(C2CCN(C(=O)CC3CCCO3)CC2)sc1C(=O)O. The molecule has 2 saturated heterocycles. The zero-order chi connectivity index (χ0) is 16.4. The first-order valence-electron chi connectivity index (χ1n) is 8.14. The van der Waals surface area contributed by atoms with E-state index in [4.69, 9.17) is 9.84 Å². The Labute approximate surface area is 139 Å². The lowest BCUT2D eigenvalue weighted by Crippen LogP contribution is -2.39. The van der Waals surface area contributed by atoms with Gasteiger partial charge in [0.25, 0.3) is 0 Å². The molecule has 0 saturated carbocycles. The summed E-state index contributed by atoms with van der Waals surface area (Å²) in [5.41, 5.74) is 0.592. The Kier molecular flexibility index (Phi) is 4.96. The Morgan fingerprint density at radius 1 is 1.35 bits per heavy atom. The van der Waals surface area contributed by atoms with Gasteiger partial charge in [0, 0.05) is 25.6 Å². The highest BCUT2D eigenvalue weighted by Gasteiger charge is 2.29. The minimum atomic E-state index is -0.907. The van der Waals surface area contributed by atoms with E-state index in [0.717, 1.165) is 50.4 Å². The molecule has 1 atom stereocenters. The molecule has 3 rings (SSSR count). The molecule has 0 radical (unpaired) electrons. The zero-order valence-corrected chi connectivity index (χ0v) is 14.1. The van der Waals surface area contributed by atoms with E-state index >= 15 is 0 Å². The van der Waals surface area contributed by atoms with Crippen molar-refractivity contribution in [2.45, 2.75) is 51.0 Å². The van der Waals surface area contributed by atoms with Gasteiger partial charge in [-0.25, -0.2) is 9.78 Å². The van der Waals surface area contributed by atoms with Crippen LogP contribution in [0, 0.1) is 6.92 Å². The molecule has 1 aromatic rings. The summed E-state index contributed by atoms with van der Waals surface area (Å²) in [4.78, 5) is 30.1. The van der Waals surface area contributed by atoms with E-state index in [1.54, 1.807) is 6.92 Å². The van der Waals surface area contributed by atoms with E-state index in [2.05, 4.69) is 4.98 Å². The third-order valence-corrected chi connectivity index (χ3v) is 5.94. The summed E-state index contributed by atoms with van der Waals surface area (Å²) < 4.78 is 5.53. The number of ether oxygens (including phenoxy) is 1. The van der Waals surface area contributed by atoms with Crippen molar-refractivity contribution in [2.24, 2.45) is 0 Å². The van der Waals surface area contributed by atoms with Gasteiger partial charge in [0.2, 0.25) is 5.91 Å². The van der Waals surface area contributed by atoms with Crippen LogP contribution < -0.4 is 0 Å². The lowest BCUT2D eigenvalue weighted by Gasteiger charge is -2.31. The van der Waals surface area contributed by atoms with E-state index in [0.29, 0.717) is 17.0 Å². The van der Waals surface area contributed by atoms with Crippen LogP contribution in [0.15, 0.2) is 0 Å². The largest absolute Gasteiger partial charge is 0.477 e. The van der Waals surface area contributed by atoms with Gasteiger partial charge in [-0.3, -0.25) is 4.79 Å². The molecule has 7 heteroatoms. The Bertz CT molecular complexity index is 587. The quantitative estimate of drug-likeness (QED) is 0.912. The Balaban J connectivity index is 1.54. The summed E-state index contributed by atoms with van der Waals surface area (Å²) in [6.07, 6.45) is 4.32. The molecule has 2 fully saturated rings. The normalized spacial score (nSPS) is 22.5. The molecule has 2 aliphatic rings. The van der Waals surface area contributed by atoms with Gasteiger partial charge >= 0.3 is 5.97 Å². The van der Waals surface area contributed by atoms with Crippen molar-refractivity contribution in [1.29, 1.82) is 0 Å². The van der Waals surface area contributed by atoms with Gasteiger partial charge in [-0.05, 0) is 32.6 Å². The van der Waals surface area contributed by atoms with E-state index in [1.165, 1.54) is 11.3 Å².